The molecule has 0 rings (SSSR count). The van der Waals surface area contributed by atoms with Crippen molar-refractivity contribution in [2.45, 2.75) is 75.2 Å². The summed E-state index contributed by atoms with van der Waals surface area (Å²) in [7, 11) is 0. The summed E-state index contributed by atoms with van der Waals surface area (Å²) in [5, 5.41) is 0. The van der Waals surface area contributed by atoms with Crippen molar-refractivity contribution in [1.82, 2.24) is 0 Å². The van der Waals surface area contributed by atoms with Gasteiger partial charge in [-0.25, -0.2) is 0 Å². The van der Waals surface area contributed by atoms with Crippen molar-refractivity contribution in [2.75, 3.05) is 0 Å². The van der Waals surface area contributed by atoms with Crippen molar-refractivity contribution in [3.63, 3.8) is 0 Å². The van der Waals surface area contributed by atoms with E-state index in [1.165, 1.54) is 12.8 Å². The van der Waals surface area contributed by atoms with E-state index in [9.17, 15) is 0 Å². The normalized spacial score (nSPS) is 13.3. The first-order valence-electron chi connectivity index (χ1n) is 7.22. The summed E-state index contributed by atoms with van der Waals surface area (Å²) < 4.78 is 0. The van der Waals surface area contributed by atoms with E-state index in [1.54, 1.807) is 0 Å². The number of hydrogen-bond acceptors (Lipinski definition) is 0. The van der Waals surface area contributed by atoms with Gasteiger partial charge >= 0.3 is 0 Å². The maximum Gasteiger partial charge on any atom is -0.0396 e. The molecule has 0 aliphatic carbocycles. The summed E-state index contributed by atoms with van der Waals surface area (Å²) in [6, 6.07) is 0. The Bertz CT molecular complexity index is 125. The van der Waals surface area contributed by atoms with Crippen LogP contribution in [0.3, 0.4) is 0 Å². The molecule has 0 radical (unpaired) electrons. The van der Waals surface area contributed by atoms with E-state index < -0.39 is 0 Å². The van der Waals surface area contributed by atoms with Gasteiger partial charge in [-0.15, -0.1) is 0 Å². The molecule has 1 atom stereocenters. The van der Waals surface area contributed by atoms with Crippen LogP contribution in [0.2, 0.25) is 0 Å². The van der Waals surface area contributed by atoms with Crippen LogP contribution in [0.1, 0.15) is 75.2 Å². The Morgan fingerprint density at radius 1 is 0.688 bits per heavy atom. The molecule has 0 saturated carbocycles. The van der Waals surface area contributed by atoms with Gasteiger partial charge in [0.25, 0.3) is 0 Å². The topological polar surface area (TPSA) is 0 Å². The first kappa shape index (κ1) is 18.4. The Morgan fingerprint density at radius 2 is 1.06 bits per heavy atom. The first-order valence-corrected chi connectivity index (χ1v) is 7.22. The van der Waals surface area contributed by atoms with Gasteiger partial charge in [0.05, 0.1) is 0 Å². The van der Waals surface area contributed by atoms with Crippen LogP contribution in [0.5, 0.6) is 0 Å². The van der Waals surface area contributed by atoms with Crippen LogP contribution in [0.4, 0.5) is 0 Å². The van der Waals surface area contributed by atoms with Crippen LogP contribution in [0.15, 0.2) is 0 Å². The van der Waals surface area contributed by atoms with E-state index in [1.807, 2.05) is 0 Å². The molecule has 0 heterocycles. The Kier molecular flexibility index (Phi) is 11.7. The lowest BCUT2D eigenvalue weighted by molar-refractivity contribution is 0.316. The van der Waals surface area contributed by atoms with Gasteiger partial charge < -0.3 is 0 Å². The Morgan fingerprint density at radius 3 is 1.12 bits per heavy atom. The molecule has 0 aromatic carbocycles. The zero-order valence-corrected chi connectivity index (χ0v) is 13.3. The molecular weight excluding hydrogens is 192 g/mol. The summed E-state index contributed by atoms with van der Waals surface area (Å²) in [5.74, 6) is 4.36. The van der Waals surface area contributed by atoms with Crippen molar-refractivity contribution < 1.29 is 0 Å². The number of rotatable bonds is 5. The Labute approximate surface area is 105 Å². The van der Waals surface area contributed by atoms with E-state index in [0.717, 1.165) is 29.6 Å². The average Bonchev–Trinajstić information content (AvgIpc) is 2.16. The fraction of sp³-hybridized carbons (Fsp3) is 1.00. The molecule has 0 aromatic rings. The van der Waals surface area contributed by atoms with Crippen molar-refractivity contribution in [2.24, 2.45) is 29.6 Å². The fourth-order valence-electron chi connectivity index (χ4n) is 1.74. The first-order chi connectivity index (χ1) is 7.22. The van der Waals surface area contributed by atoms with Gasteiger partial charge in [-0.2, -0.15) is 0 Å². The molecule has 0 amide bonds. The van der Waals surface area contributed by atoms with E-state index in [2.05, 4.69) is 62.3 Å². The average molecular weight is 228 g/mol. The maximum absolute atomic E-state index is 2.32. The minimum absolute atomic E-state index is 0.843. The fourth-order valence-corrected chi connectivity index (χ4v) is 1.74. The highest BCUT2D eigenvalue weighted by molar-refractivity contribution is 4.59. The third-order valence-electron chi connectivity index (χ3n) is 3.67. The molecule has 16 heavy (non-hydrogen) atoms. The van der Waals surface area contributed by atoms with E-state index in [-0.39, 0.29) is 0 Å². The molecule has 0 fully saturated rings. The van der Waals surface area contributed by atoms with Crippen molar-refractivity contribution >= 4 is 0 Å². The monoisotopic (exact) mass is 228 g/mol. The van der Waals surface area contributed by atoms with E-state index >= 15 is 0 Å². The molecule has 100 valence electrons. The molecule has 0 aromatic heterocycles. The highest BCUT2D eigenvalue weighted by Crippen LogP contribution is 2.18. The summed E-state index contributed by atoms with van der Waals surface area (Å²) in [5.41, 5.74) is 0. The predicted molar refractivity (Wildman–Crippen MR) is 77.8 cm³/mol. The van der Waals surface area contributed by atoms with Gasteiger partial charge in [0.1, 0.15) is 0 Å². The lowest BCUT2D eigenvalue weighted by atomic mass is 9.88. The lowest BCUT2D eigenvalue weighted by Crippen LogP contribution is -2.10. The highest BCUT2D eigenvalue weighted by atomic mass is 14.2. The standard InChI is InChI=1S/2C8H18/c1-6(2)8(5)7(3)4;1-5-8(4)6-7(2)3/h6-8H,1-5H3;7-8H,5-6H2,1-4H3. The van der Waals surface area contributed by atoms with Crippen LogP contribution >= 0.6 is 0 Å². The van der Waals surface area contributed by atoms with Crippen molar-refractivity contribution in [1.29, 1.82) is 0 Å². The predicted octanol–water partition coefficient (Wildman–Crippen LogP) is 6.01. The minimum atomic E-state index is 0.843. The molecule has 0 bridgehead atoms. The van der Waals surface area contributed by atoms with E-state index in [0.29, 0.717) is 0 Å². The van der Waals surface area contributed by atoms with Gasteiger partial charge in [-0.05, 0) is 36.0 Å². The van der Waals surface area contributed by atoms with Gasteiger partial charge in [0.15, 0.2) is 0 Å². The molecule has 0 heteroatoms. The Balaban J connectivity index is 0. The molecular formula is C16H36. The lowest BCUT2D eigenvalue weighted by Gasteiger charge is -2.18. The van der Waals surface area contributed by atoms with Crippen molar-refractivity contribution in [3.05, 3.63) is 0 Å². The van der Waals surface area contributed by atoms with Crippen LogP contribution < -0.4 is 0 Å². The summed E-state index contributed by atoms with van der Waals surface area (Å²) in [6.07, 6.45) is 2.72. The molecule has 1 unspecified atom stereocenters. The summed E-state index contributed by atoms with van der Waals surface area (Å²) >= 11 is 0. The maximum atomic E-state index is 2.32. The number of hydrogen-bond donors (Lipinski definition) is 0. The van der Waals surface area contributed by atoms with Crippen LogP contribution in [-0.2, 0) is 0 Å². The second kappa shape index (κ2) is 10.2. The molecule has 0 saturated heterocycles. The highest BCUT2D eigenvalue weighted by Gasteiger charge is 2.09. The summed E-state index contributed by atoms with van der Waals surface area (Å²) in [4.78, 5) is 0. The SMILES string of the molecule is CC(C)C(C)C(C)C.CCC(C)CC(C)C. The summed E-state index contributed by atoms with van der Waals surface area (Å²) in [6.45, 7) is 20.6. The zero-order chi connectivity index (χ0) is 13.3. The molecule has 0 N–H and O–H groups in total. The molecule has 0 nitrogen and oxygen atoms in total. The van der Waals surface area contributed by atoms with Crippen molar-refractivity contribution in [3.8, 4) is 0 Å². The van der Waals surface area contributed by atoms with Gasteiger partial charge in [0, 0.05) is 0 Å². The minimum Gasteiger partial charge on any atom is -0.0651 e. The van der Waals surface area contributed by atoms with Gasteiger partial charge in [-0.1, -0.05) is 68.7 Å². The van der Waals surface area contributed by atoms with Crippen LogP contribution in [0.25, 0.3) is 0 Å². The smallest absolute Gasteiger partial charge is 0.0396 e. The Hall–Kier alpha value is 0. The van der Waals surface area contributed by atoms with Gasteiger partial charge in [-0.3, -0.25) is 0 Å². The largest absolute Gasteiger partial charge is 0.0651 e. The van der Waals surface area contributed by atoms with Crippen LogP contribution in [-0.4, -0.2) is 0 Å². The molecule has 0 spiro atoms. The van der Waals surface area contributed by atoms with E-state index in [4.69, 9.17) is 0 Å². The van der Waals surface area contributed by atoms with Crippen LogP contribution in [0, 0.1) is 29.6 Å². The molecule has 0 aliphatic heterocycles. The third kappa shape index (κ3) is 12.1. The quantitative estimate of drug-likeness (QED) is 0.540. The second-order valence-corrected chi connectivity index (χ2v) is 6.49. The zero-order valence-electron chi connectivity index (χ0n) is 13.3. The second-order valence-electron chi connectivity index (χ2n) is 6.49. The third-order valence-corrected chi connectivity index (χ3v) is 3.67. The van der Waals surface area contributed by atoms with Gasteiger partial charge in [0.2, 0.25) is 0 Å². The molecule has 0 aliphatic rings.